The van der Waals surface area contributed by atoms with Crippen molar-refractivity contribution in [1.82, 2.24) is 0 Å². The van der Waals surface area contributed by atoms with E-state index in [9.17, 15) is 0 Å². The summed E-state index contributed by atoms with van der Waals surface area (Å²) in [6.45, 7) is 0. The largest absolute Gasteiger partial charge is 0.389 e. The van der Waals surface area contributed by atoms with Crippen LogP contribution in [0.1, 0.15) is 5.56 Å². The molecule has 0 aliphatic rings. The minimum atomic E-state index is 0.214. The van der Waals surface area contributed by atoms with Crippen molar-refractivity contribution >= 4 is 63.4 Å². The normalized spacial score (nSPS) is 10.3. The molecular weight excluding hydrogens is 323 g/mol. The lowest BCUT2D eigenvalue weighted by molar-refractivity contribution is 1.52. The van der Waals surface area contributed by atoms with Crippen LogP contribution in [0.25, 0.3) is 0 Å². The molecule has 2 nitrogen and oxygen atoms in total. The Morgan fingerprint density at radius 3 is 2.42 bits per heavy atom. The lowest BCUT2D eigenvalue weighted by Gasteiger charge is -2.13. The number of rotatable bonds is 3. The number of nitrogens with one attached hydrogen (secondary N) is 1. The van der Waals surface area contributed by atoms with Gasteiger partial charge in [-0.25, -0.2) is 0 Å². The summed E-state index contributed by atoms with van der Waals surface area (Å²) in [4.78, 5) is 0.214. The Morgan fingerprint density at radius 2 is 1.74 bits per heavy atom. The molecule has 0 atom stereocenters. The van der Waals surface area contributed by atoms with E-state index >= 15 is 0 Å². The van der Waals surface area contributed by atoms with Gasteiger partial charge in [-0.1, -0.05) is 53.1 Å². The van der Waals surface area contributed by atoms with E-state index in [1.165, 1.54) is 0 Å². The first-order chi connectivity index (χ1) is 8.99. The van der Waals surface area contributed by atoms with E-state index in [0.717, 1.165) is 0 Å². The molecular formula is C13H9Cl3N2S. The molecule has 0 fully saturated rings. The number of halogens is 3. The van der Waals surface area contributed by atoms with Gasteiger partial charge in [0.25, 0.3) is 0 Å². The van der Waals surface area contributed by atoms with Gasteiger partial charge in [0.15, 0.2) is 0 Å². The van der Waals surface area contributed by atoms with Crippen molar-refractivity contribution in [2.24, 2.45) is 5.73 Å². The van der Waals surface area contributed by atoms with Crippen molar-refractivity contribution in [3.63, 3.8) is 0 Å². The highest BCUT2D eigenvalue weighted by Crippen LogP contribution is 2.32. The molecule has 0 aliphatic heterocycles. The van der Waals surface area contributed by atoms with Gasteiger partial charge in [-0.2, -0.15) is 0 Å². The van der Waals surface area contributed by atoms with Crippen LogP contribution in [0.5, 0.6) is 0 Å². The number of thiocarbonyl (C=S) groups is 1. The molecule has 0 bridgehead atoms. The summed E-state index contributed by atoms with van der Waals surface area (Å²) in [7, 11) is 0. The van der Waals surface area contributed by atoms with E-state index in [-0.39, 0.29) is 4.99 Å². The van der Waals surface area contributed by atoms with E-state index < -0.39 is 0 Å². The van der Waals surface area contributed by atoms with Gasteiger partial charge in [0.05, 0.1) is 27.0 Å². The standard InChI is InChI=1S/C13H9Cl3N2S/c14-7-4-5-8(15)11(6-7)18-10-3-1-2-9(16)12(10)13(17)19/h1-6,18H,(H2,17,19). The topological polar surface area (TPSA) is 38.0 Å². The quantitative estimate of drug-likeness (QED) is 0.775. The SMILES string of the molecule is NC(=S)c1c(Cl)cccc1Nc1cc(Cl)ccc1Cl. The maximum absolute atomic E-state index is 6.10. The molecule has 0 unspecified atom stereocenters. The van der Waals surface area contributed by atoms with Crippen molar-refractivity contribution in [2.75, 3.05) is 5.32 Å². The van der Waals surface area contributed by atoms with Crippen LogP contribution in [0.2, 0.25) is 15.1 Å². The Morgan fingerprint density at radius 1 is 1.00 bits per heavy atom. The van der Waals surface area contributed by atoms with Gasteiger partial charge in [-0.3, -0.25) is 0 Å². The third kappa shape index (κ3) is 3.31. The van der Waals surface area contributed by atoms with Gasteiger partial charge in [-0.05, 0) is 30.3 Å². The second-order valence-electron chi connectivity index (χ2n) is 3.78. The van der Waals surface area contributed by atoms with E-state index in [4.69, 9.17) is 52.8 Å². The van der Waals surface area contributed by atoms with Crippen LogP contribution in [0.15, 0.2) is 36.4 Å². The van der Waals surface area contributed by atoms with Crippen LogP contribution in [0.3, 0.4) is 0 Å². The third-order valence-corrected chi connectivity index (χ3v) is 3.54. The van der Waals surface area contributed by atoms with Crippen LogP contribution in [-0.2, 0) is 0 Å². The van der Waals surface area contributed by atoms with E-state index in [1.807, 2.05) is 6.07 Å². The number of benzene rings is 2. The molecule has 2 aromatic carbocycles. The summed E-state index contributed by atoms with van der Waals surface area (Å²) in [5.74, 6) is 0. The van der Waals surface area contributed by atoms with Gasteiger partial charge in [0.1, 0.15) is 4.99 Å². The van der Waals surface area contributed by atoms with Gasteiger partial charge >= 0.3 is 0 Å². The van der Waals surface area contributed by atoms with E-state index in [1.54, 1.807) is 30.3 Å². The molecule has 6 heteroatoms. The summed E-state index contributed by atoms with van der Waals surface area (Å²) in [5.41, 5.74) is 7.61. The predicted molar refractivity (Wildman–Crippen MR) is 87.1 cm³/mol. The average molecular weight is 332 g/mol. The zero-order chi connectivity index (χ0) is 14.0. The van der Waals surface area contributed by atoms with Gasteiger partial charge in [-0.15, -0.1) is 0 Å². The second kappa shape index (κ2) is 5.97. The van der Waals surface area contributed by atoms with Crippen LogP contribution >= 0.6 is 47.0 Å². The number of hydrogen-bond donors (Lipinski definition) is 2. The fourth-order valence-electron chi connectivity index (χ4n) is 1.62. The lowest BCUT2D eigenvalue weighted by Crippen LogP contribution is -2.12. The highest BCUT2D eigenvalue weighted by atomic mass is 35.5. The molecule has 0 radical (unpaired) electrons. The highest BCUT2D eigenvalue weighted by molar-refractivity contribution is 7.80. The van der Waals surface area contributed by atoms with Gasteiger partial charge < -0.3 is 11.1 Å². The fourth-order valence-corrected chi connectivity index (χ4v) is 2.51. The van der Waals surface area contributed by atoms with Crippen molar-refractivity contribution in [1.29, 1.82) is 0 Å². The second-order valence-corrected chi connectivity index (χ2v) is 5.47. The van der Waals surface area contributed by atoms with Gasteiger partial charge in [0.2, 0.25) is 0 Å². The summed E-state index contributed by atoms with van der Waals surface area (Å²) < 4.78 is 0. The molecule has 2 rings (SSSR count). The molecule has 2 aromatic rings. The minimum Gasteiger partial charge on any atom is -0.389 e. The molecule has 0 spiro atoms. The third-order valence-electron chi connectivity index (χ3n) is 2.46. The smallest absolute Gasteiger partial charge is 0.107 e. The average Bonchev–Trinajstić information content (AvgIpc) is 2.33. The Hall–Kier alpha value is -1.000. The zero-order valence-corrected chi connectivity index (χ0v) is 12.7. The summed E-state index contributed by atoms with van der Waals surface area (Å²) in [6.07, 6.45) is 0. The van der Waals surface area contributed by atoms with E-state index in [0.29, 0.717) is 32.0 Å². The monoisotopic (exact) mass is 330 g/mol. The Labute approximate surface area is 131 Å². The molecule has 0 heterocycles. The Kier molecular flexibility index (Phi) is 4.53. The molecule has 3 N–H and O–H groups in total. The van der Waals surface area contributed by atoms with Crippen molar-refractivity contribution in [2.45, 2.75) is 0 Å². The summed E-state index contributed by atoms with van der Waals surface area (Å²) >= 11 is 23.1. The first-order valence-corrected chi connectivity index (χ1v) is 6.83. The molecule has 0 saturated heterocycles. The van der Waals surface area contributed by atoms with Crippen LogP contribution in [0, 0.1) is 0 Å². The molecule has 0 aliphatic carbocycles. The molecule has 0 aromatic heterocycles. The number of hydrogen-bond acceptors (Lipinski definition) is 2. The van der Waals surface area contributed by atoms with Crippen LogP contribution in [0.4, 0.5) is 11.4 Å². The van der Waals surface area contributed by atoms with Crippen molar-refractivity contribution in [3.8, 4) is 0 Å². The number of nitrogens with two attached hydrogens (primary N) is 1. The fraction of sp³-hybridized carbons (Fsp3) is 0. The van der Waals surface area contributed by atoms with Crippen molar-refractivity contribution in [3.05, 3.63) is 57.0 Å². The molecule has 0 saturated carbocycles. The summed E-state index contributed by atoms with van der Waals surface area (Å²) in [6, 6.07) is 10.5. The van der Waals surface area contributed by atoms with Crippen LogP contribution in [-0.4, -0.2) is 4.99 Å². The van der Waals surface area contributed by atoms with Crippen molar-refractivity contribution < 1.29 is 0 Å². The van der Waals surface area contributed by atoms with Crippen LogP contribution < -0.4 is 11.1 Å². The lowest BCUT2D eigenvalue weighted by atomic mass is 10.1. The Bertz CT molecular complexity index is 644. The van der Waals surface area contributed by atoms with Gasteiger partial charge in [0, 0.05) is 5.02 Å². The molecule has 19 heavy (non-hydrogen) atoms. The predicted octanol–water partition coefficient (Wildman–Crippen LogP) is 5.02. The number of anilines is 2. The maximum atomic E-state index is 6.10. The van der Waals surface area contributed by atoms with E-state index in [2.05, 4.69) is 5.32 Å². The zero-order valence-electron chi connectivity index (χ0n) is 9.58. The Balaban J connectivity index is 2.46. The highest BCUT2D eigenvalue weighted by Gasteiger charge is 2.11. The summed E-state index contributed by atoms with van der Waals surface area (Å²) in [5, 5.41) is 4.73. The molecule has 98 valence electrons. The first kappa shape index (κ1) is 14.4. The minimum absolute atomic E-state index is 0.214. The molecule has 0 amide bonds. The first-order valence-electron chi connectivity index (χ1n) is 5.29. The maximum Gasteiger partial charge on any atom is 0.107 e.